The third-order valence-corrected chi connectivity index (χ3v) is 7.45. The molecule has 3 rings (SSSR count). The van der Waals surface area contributed by atoms with E-state index in [1.807, 2.05) is 12.1 Å². The number of rotatable bonds is 6. The van der Waals surface area contributed by atoms with Crippen molar-refractivity contribution in [3.8, 4) is 0 Å². The largest absolute Gasteiger partial charge is 0.476 e. The molecule has 0 aliphatic heterocycles. The van der Waals surface area contributed by atoms with Crippen LogP contribution in [0.25, 0.3) is 0 Å². The lowest BCUT2D eigenvalue weighted by molar-refractivity contribution is 0.0691. The summed E-state index contributed by atoms with van der Waals surface area (Å²) in [6.07, 6.45) is 0.749. The Hall–Kier alpha value is -0.500. The fraction of sp³-hybridized carbons (Fsp3) is 0.412. The standard InChI is InChI=1S/C17H16Cl3NO3S2/c18-9-3-8(4-10(19)5-9)15-11(12(20)6-14(15)22)1-2-25-17-21-13(7-26-17)16(23)24/h3-5,7,11-12,14-15,22H,1-2,6H2,(H,23,24)/t11-,12+,14+,15+/m0/s1. The van der Waals surface area contributed by atoms with E-state index in [0.29, 0.717) is 16.5 Å². The maximum atomic E-state index is 10.9. The molecule has 4 atom stereocenters. The lowest BCUT2D eigenvalue weighted by Gasteiger charge is -2.24. The molecule has 1 fully saturated rings. The van der Waals surface area contributed by atoms with E-state index in [-0.39, 0.29) is 22.9 Å². The van der Waals surface area contributed by atoms with Crippen molar-refractivity contribution >= 4 is 63.9 Å². The second-order valence-corrected chi connectivity index (χ2v) is 9.79. The van der Waals surface area contributed by atoms with Crippen LogP contribution in [0.2, 0.25) is 10.0 Å². The lowest BCUT2D eigenvalue weighted by Crippen LogP contribution is -2.19. The molecule has 0 spiro atoms. The molecule has 0 amide bonds. The van der Waals surface area contributed by atoms with Crippen molar-refractivity contribution < 1.29 is 15.0 Å². The summed E-state index contributed by atoms with van der Waals surface area (Å²) in [7, 11) is 0. The molecule has 1 saturated carbocycles. The number of thiazole rings is 1. The van der Waals surface area contributed by atoms with E-state index in [1.54, 1.807) is 6.07 Å². The van der Waals surface area contributed by atoms with Gasteiger partial charge in [-0.1, -0.05) is 35.0 Å². The second kappa shape index (κ2) is 8.67. The highest BCUT2D eigenvalue weighted by atomic mass is 35.5. The Kier molecular flexibility index (Phi) is 6.75. The Morgan fingerprint density at radius 3 is 2.62 bits per heavy atom. The van der Waals surface area contributed by atoms with Crippen molar-refractivity contribution in [3.63, 3.8) is 0 Å². The smallest absolute Gasteiger partial charge is 0.355 e. The van der Waals surface area contributed by atoms with E-state index in [9.17, 15) is 9.90 Å². The van der Waals surface area contributed by atoms with Crippen LogP contribution in [0.15, 0.2) is 27.9 Å². The van der Waals surface area contributed by atoms with Crippen LogP contribution in [0.5, 0.6) is 0 Å². The first-order chi connectivity index (χ1) is 12.3. The Balaban J connectivity index is 1.68. The fourth-order valence-corrected chi connectivity index (χ4v) is 6.28. The molecule has 0 bridgehead atoms. The number of carboxylic acid groups (broad SMARTS) is 1. The van der Waals surface area contributed by atoms with Crippen molar-refractivity contribution in [2.75, 3.05) is 5.75 Å². The van der Waals surface area contributed by atoms with Gasteiger partial charge in [-0.3, -0.25) is 0 Å². The number of hydrogen-bond acceptors (Lipinski definition) is 5. The molecule has 1 aliphatic carbocycles. The maximum absolute atomic E-state index is 10.9. The Morgan fingerprint density at radius 2 is 2.00 bits per heavy atom. The number of aliphatic hydroxyl groups is 1. The Labute approximate surface area is 174 Å². The monoisotopic (exact) mass is 451 g/mol. The number of nitrogens with zero attached hydrogens (tertiary/aromatic N) is 1. The molecule has 0 radical (unpaired) electrons. The predicted octanol–water partition coefficient (Wildman–Crippen LogP) is 5.40. The van der Waals surface area contributed by atoms with Gasteiger partial charge in [-0.05, 0) is 42.5 Å². The van der Waals surface area contributed by atoms with Gasteiger partial charge < -0.3 is 10.2 Å². The maximum Gasteiger partial charge on any atom is 0.355 e. The normalized spacial score (nSPS) is 25.5. The van der Waals surface area contributed by atoms with Crippen LogP contribution in [0.4, 0.5) is 0 Å². The van der Waals surface area contributed by atoms with E-state index >= 15 is 0 Å². The topological polar surface area (TPSA) is 70.4 Å². The first kappa shape index (κ1) is 20.2. The Bertz CT molecular complexity index is 781. The summed E-state index contributed by atoms with van der Waals surface area (Å²) in [5.41, 5.74) is 0.964. The van der Waals surface area contributed by atoms with Crippen LogP contribution in [0, 0.1) is 5.92 Å². The zero-order valence-electron chi connectivity index (χ0n) is 13.4. The molecule has 2 aromatic rings. The van der Waals surface area contributed by atoms with Crippen LogP contribution >= 0.6 is 57.9 Å². The molecular weight excluding hydrogens is 437 g/mol. The number of aromatic nitrogens is 1. The van der Waals surface area contributed by atoms with Crippen molar-refractivity contribution in [3.05, 3.63) is 44.9 Å². The fourth-order valence-electron chi connectivity index (χ4n) is 3.36. The van der Waals surface area contributed by atoms with E-state index in [2.05, 4.69) is 4.98 Å². The number of aliphatic hydroxyl groups excluding tert-OH is 1. The second-order valence-electron chi connectivity index (χ2n) is 6.15. The summed E-state index contributed by atoms with van der Waals surface area (Å²) in [5, 5.41) is 21.9. The van der Waals surface area contributed by atoms with Crippen molar-refractivity contribution in [1.82, 2.24) is 4.98 Å². The highest BCUT2D eigenvalue weighted by molar-refractivity contribution is 8.01. The summed E-state index contributed by atoms with van der Waals surface area (Å²) < 4.78 is 0.717. The lowest BCUT2D eigenvalue weighted by atomic mass is 9.86. The quantitative estimate of drug-likeness (QED) is 0.453. The molecule has 1 heterocycles. The number of carbonyl (C=O) groups is 1. The molecule has 9 heteroatoms. The minimum absolute atomic E-state index is 0.0652. The van der Waals surface area contributed by atoms with Gasteiger partial charge in [-0.15, -0.1) is 22.9 Å². The number of benzene rings is 1. The summed E-state index contributed by atoms with van der Waals surface area (Å²) in [4.78, 5) is 15.0. The zero-order chi connectivity index (χ0) is 18.8. The number of alkyl halides is 1. The predicted molar refractivity (Wildman–Crippen MR) is 107 cm³/mol. The van der Waals surface area contributed by atoms with Crippen LogP contribution in [0.3, 0.4) is 0 Å². The molecule has 1 aromatic carbocycles. The number of hydrogen-bond donors (Lipinski definition) is 2. The van der Waals surface area contributed by atoms with Gasteiger partial charge in [0.05, 0.1) is 6.10 Å². The first-order valence-corrected chi connectivity index (χ1v) is 11.0. The SMILES string of the molecule is O=C(O)c1csc(SCC[C@@H]2[C@@H](c3cc(Cl)cc(Cl)c3)[C@H](O)C[C@H]2Cl)n1. The minimum Gasteiger partial charge on any atom is -0.476 e. The highest BCUT2D eigenvalue weighted by Gasteiger charge is 2.42. The van der Waals surface area contributed by atoms with Gasteiger partial charge in [0.1, 0.15) is 0 Å². The molecule has 26 heavy (non-hydrogen) atoms. The van der Waals surface area contributed by atoms with E-state index in [4.69, 9.17) is 39.9 Å². The average molecular weight is 453 g/mol. The molecule has 4 nitrogen and oxygen atoms in total. The number of aromatic carboxylic acids is 1. The molecular formula is C17H16Cl3NO3S2. The van der Waals surface area contributed by atoms with Gasteiger partial charge in [0, 0.05) is 32.5 Å². The molecule has 1 aromatic heterocycles. The van der Waals surface area contributed by atoms with Gasteiger partial charge in [-0.25, -0.2) is 9.78 Å². The van der Waals surface area contributed by atoms with Crippen molar-refractivity contribution in [2.24, 2.45) is 5.92 Å². The highest BCUT2D eigenvalue weighted by Crippen LogP contribution is 2.46. The van der Waals surface area contributed by atoms with Crippen LogP contribution in [-0.2, 0) is 0 Å². The molecule has 2 N–H and O–H groups in total. The van der Waals surface area contributed by atoms with E-state index in [1.165, 1.54) is 28.5 Å². The summed E-state index contributed by atoms with van der Waals surface area (Å²) in [6, 6.07) is 5.33. The van der Waals surface area contributed by atoms with Gasteiger partial charge >= 0.3 is 5.97 Å². The number of carboxylic acids is 1. The average Bonchev–Trinajstić information content (AvgIpc) is 3.11. The first-order valence-electron chi connectivity index (χ1n) is 7.95. The van der Waals surface area contributed by atoms with Crippen LogP contribution in [0.1, 0.15) is 34.8 Å². The zero-order valence-corrected chi connectivity index (χ0v) is 17.3. The summed E-state index contributed by atoms with van der Waals surface area (Å²) in [6.45, 7) is 0. The van der Waals surface area contributed by atoms with E-state index in [0.717, 1.165) is 22.1 Å². The number of halogens is 3. The summed E-state index contributed by atoms with van der Waals surface area (Å²) >= 11 is 21.5. The molecule has 0 saturated heterocycles. The Morgan fingerprint density at radius 1 is 1.31 bits per heavy atom. The molecule has 140 valence electrons. The van der Waals surface area contributed by atoms with Crippen LogP contribution < -0.4 is 0 Å². The minimum atomic E-state index is -1.02. The van der Waals surface area contributed by atoms with Gasteiger partial charge in [0.2, 0.25) is 0 Å². The molecule has 0 unspecified atom stereocenters. The van der Waals surface area contributed by atoms with Crippen molar-refractivity contribution in [2.45, 2.75) is 34.6 Å². The third kappa shape index (κ3) is 4.66. The summed E-state index contributed by atoms with van der Waals surface area (Å²) in [5.74, 6) is -0.337. The van der Waals surface area contributed by atoms with Crippen LogP contribution in [-0.4, -0.2) is 38.4 Å². The third-order valence-electron chi connectivity index (χ3n) is 4.46. The number of thioether (sulfide) groups is 1. The molecule has 1 aliphatic rings. The van der Waals surface area contributed by atoms with Crippen molar-refractivity contribution in [1.29, 1.82) is 0 Å². The van der Waals surface area contributed by atoms with E-state index < -0.39 is 12.1 Å². The van der Waals surface area contributed by atoms with Gasteiger partial charge in [-0.2, -0.15) is 0 Å². The van der Waals surface area contributed by atoms with Gasteiger partial charge in [0.15, 0.2) is 10.0 Å². The van der Waals surface area contributed by atoms with Gasteiger partial charge in [0.25, 0.3) is 0 Å².